The Morgan fingerprint density at radius 3 is 3.17 bits per heavy atom. The van der Waals surface area contributed by atoms with Gasteiger partial charge in [0.05, 0.1) is 11.7 Å². The van der Waals surface area contributed by atoms with E-state index in [0.717, 1.165) is 0 Å². The molecule has 2 N–H and O–H groups in total. The smallest absolute Gasteiger partial charge is 0.256 e. The molecule has 2 heterocycles. The first-order valence-corrected chi connectivity index (χ1v) is 5.75. The average molecular weight is 254 g/mol. The monoisotopic (exact) mass is 254 g/mol. The van der Waals surface area contributed by atoms with E-state index in [4.69, 9.17) is 4.74 Å². The van der Waals surface area contributed by atoms with Crippen LogP contribution in [0.1, 0.15) is 23.7 Å². The zero-order valence-corrected chi connectivity index (χ0v) is 10.0. The van der Waals surface area contributed by atoms with Gasteiger partial charge in [0.2, 0.25) is 5.95 Å². The van der Waals surface area contributed by atoms with Crippen LogP contribution in [0.25, 0.3) is 0 Å². The summed E-state index contributed by atoms with van der Waals surface area (Å²) in [5, 5.41) is 12.7. The summed E-state index contributed by atoms with van der Waals surface area (Å²) in [5.74, 6) is -1.41. The first-order valence-electron chi connectivity index (χ1n) is 5.75. The lowest BCUT2D eigenvalue weighted by molar-refractivity contribution is -0.0252. The number of hydrogen-bond acceptors (Lipinski definition) is 4. The third kappa shape index (κ3) is 2.49. The van der Waals surface area contributed by atoms with Gasteiger partial charge in [-0.3, -0.25) is 4.79 Å². The number of aromatic nitrogens is 1. The average Bonchev–Trinajstić information content (AvgIpc) is 2.68. The second-order valence-electron chi connectivity index (χ2n) is 4.39. The fraction of sp³-hybridized carbons (Fsp3) is 0.500. The van der Waals surface area contributed by atoms with Gasteiger partial charge in [0.1, 0.15) is 5.60 Å². The Hall–Kier alpha value is -1.53. The molecular formula is C12H15FN2O3. The fourth-order valence-corrected chi connectivity index (χ4v) is 1.89. The third-order valence-corrected chi connectivity index (χ3v) is 3.22. The standard InChI is InChI=1S/C12H15FN2O3/c1-8-12(17,4-6-18-8)7-15-11(16)9-3-2-5-14-10(9)13/h2-3,5,8,17H,4,6-7H2,1H3,(H,15,16). The predicted octanol–water partition coefficient (Wildman–Crippen LogP) is 0.490. The molecule has 1 aromatic heterocycles. The summed E-state index contributed by atoms with van der Waals surface area (Å²) in [6.45, 7) is 2.22. The van der Waals surface area contributed by atoms with Crippen molar-refractivity contribution in [2.45, 2.75) is 25.0 Å². The van der Waals surface area contributed by atoms with E-state index in [2.05, 4.69) is 10.3 Å². The highest BCUT2D eigenvalue weighted by Crippen LogP contribution is 2.24. The lowest BCUT2D eigenvalue weighted by Gasteiger charge is -2.26. The van der Waals surface area contributed by atoms with Gasteiger partial charge in [-0.15, -0.1) is 0 Å². The summed E-state index contributed by atoms with van der Waals surface area (Å²) < 4.78 is 18.5. The Morgan fingerprint density at radius 1 is 1.78 bits per heavy atom. The van der Waals surface area contributed by atoms with Crippen LogP contribution in [0.3, 0.4) is 0 Å². The number of aliphatic hydroxyl groups is 1. The first kappa shape index (κ1) is 12.9. The van der Waals surface area contributed by atoms with E-state index >= 15 is 0 Å². The molecule has 1 aliphatic heterocycles. The van der Waals surface area contributed by atoms with Crippen molar-refractivity contribution in [1.82, 2.24) is 10.3 Å². The fourth-order valence-electron chi connectivity index (χ4n) is 1.89. The number of hydrogen-bond donors (Lipinski definition) is 2. The molecule has 5 nitrogen and oxygen atoms in total. The summed E-state index contributed by atoms with van der Waals surface area (Å²) in [7, 11) is 0. The van der Waals surface area contributed by atoms with E-state index in [1.807, 2.05) is 0 Å². The maximum absolute atomic E-state index is 13.3. The van der Waals surface area contributed by atoms with Crippen molar-refractivity contribution in [2.24, 2.45) is 0 Å². The quantitative estimate of drug-likeness (QED) is 0.770. The van der Waals surface area contributed by atoms with Crippen LogP contribution in [-0.4, -0.2) is 40.9 Å². The SMILES string of the molecule is CC1OCCC1(O)CNC(=O)c1cccnc1F. The van der Waals surface area contributed by atoms with E-state index in [1.165, 1.54) is 18.3 Å². The minimum absolute atomic E-state index is 0.0291. The summed E-state index contributed by atoms with van der Waals surface area (Å²) >= 11 is 0. The maximum Gasteiger partial charge on any atom is 0.256 e. The number of nitrogens with one attached hydrogen (secondary N) is 1. The molecule has 98 valence electrons. The highest BCUT2D eigenvalue weighted by Gasteiger charge is 2.39. The molecule has 0 bridgehead atoms. The molecule has 2 rings (SSSR count). The van der Waals surface area contributed by atoms with Gasteiger partial charge in [-0.2, -0.15) is 4.39 Å². The third-order valence-electron chi connectivity index (χ3n) is 3.22. The Morgan fingerprint density at radius 2 is 2.56 bits per heavy atom. The topological polar surface area (TPSA) is 71.5 Å². The molecule has 0 aliphatic carbocycles. The van der Waals surface area contributed by atoms with E-state index in [0.29, 0.717) is 13.0 Å². The molecule has 1 saturated heterocycles. The Kier molecular flexibility index (Phi) is 3.58. The number of amides is 1. The number of carbonyl (C=O) groups excluding carboxylic acids is 1. The van der Waals surface area contributed by atoms with Crippen LogP contribution >= 0.6 is 0 Å². The molecular weight excluding hydrogens is 239 g/mol. The van der Waals surface area contributed by atoms with Crippen molar-refractivity contribution >= 4 is 5.91 Å². The van der Waals surface area contributed by atoms with E-state index < -0.39 is 17.5 Å². The van der Waals surface area contributed by atoms with E-state index in [-0.39, 0.29) is 18.2 Å². The van der Waals surface area contributed by atoms with Gasteiger partial charge >= 0.3 is 0 Å². The molecule has 6 heteroatoms. The summed E-state index contributed by atoms with van der Waals surface area (Å²) in [6, 6.07) is 2.82. The molecule has 0 spiro atoms. The maximum atomic E-state index is 13.3. The Labute approximate surface area is 104 Å². The number of halogens is 1. The van der Waals surface area contributed by atoms with Crippen LogP contribution < -0.4 is 5.32 Å². The van der Waals surface area contributed by atoms with Gasteiger partial charge in [0.15, 0.2) is 0 Å². The van der Waals surface area contributed by atoms with E-state index in [1.54, 1.807) is 6.92 Å². The molecule has 2 atom stereocenters. The molecule has 0 aromatic carbocycles. The number of carbonyl (C=O) groups is 1. The predicted molar refractivity (Wildman–Crippen MR) is 61.5 cm³/mol. The second kappa shape index (κ2) is 4.99. The molecule has 1 aromatic rings. The molecule has 18 heavy (non-hydrogen) atoms. The minimum atomic E-state index is -1.09. The highest BCUT2D eigenvalue weighted by atomic mass is 19.1. The molecule has 2 unspecified atom stereocenters. The number of rotatable bonds is 3. The molecule has 0 radical (unpaired) electrons. The number of pyridine rings is 1. The number of nitrogens with zero attached hydrogens (tertiary/aromatic N) is 1. The van der Waals surface area contributed by atoms with Crippen LogP contribution in [-0.2, 0) is 4.74 Å². The normalized spacial score (nSPS) is 27.2. The van der Waals surface area contributed by atoms with Gasteiger partial charge in [-0.05, 0) is 19.1 Å². The van der Waals surface area contributed by atoms with Gasteiger partial charge in [-0.25, -0.2) is 4.98 Å². The van der Waals surface area contributed by atoms with Gasteiger partial charge in [0, 0.05) is 25.8 Å². The van der Waals surface area contributed by atoms with Crippen molar-refractivity contribution in [3.8, 4) is 0 Å². The lowest BCUT2D eigenvalue weighted by Crippen LogP contribution is -2.47. The zero-order valence-electron chi connectivity index (χ0n) is 10.0. The summed E-state index contributed by atoms with van der Waals surface area (Å²) in [4.78, 5) is 15.1. The molecule has 1 amide bonds. The largest absolute Gasteiger partial charge is 0.385 e. The molecule has 1 aliphatic rings. The Bertz CT molecular complexity index is 455. The van der Waals surface area contributed by atoms with Crippen LogP contribution in [0.2, 0.25) is 0 Å². The lowest BCUT2D eigenvalue weighted by atomic mass is 9.96. The van der Waals surface area contributed by atoms with E-state index in [9.17, 15) is 14.3 Å². The highest BCUT2D eigenvalue weighted by molar-refractivity contribution is 5.94. The van der Waals surface area contributed by atoms with Crippen molar-refractivity contribution in [3.63, 3.8) is 0 Å². The van der Waals surface area contributed by atoms with Crippen molar-refractivity contribution in [3.05, 3.63) is 29.8 Å². The van der Waals surface area contributed by atoms with Gasteiger partial charge < -0.3 is 15.2 Å². The van der Waals surface area contributed by atoms with Crippen molar-refractivity contribution in [1.29, 1.82) is 0 Å². The van der Waals surface area contributed by atoms with Crippen LogP contribution in [0.5, 0.6) is 0 Å². The second-order valence-corrected chi connectivity index (χ2v) is 4.39. The number of ether oxygens (including phenoxy) is 1. The van der Waals surface area contributed by atoms with Crippen molar-refractivity contribution in [2.75, 3.05) is 13.2 Å². The molecule has 0 saturated carbocycles. The first-order chi connectivity index (χ1) is 8.53. The summed E-state index contributed by atoms with van der Waals surface area (Å²) in [5.41, 5.74) is -1.22. The van der Waals surface area contributed by atoms with Gasteiger partial charge in [-0.1, -0.05) is 0 Å². The van der Waals surface area contributed by atoms with Crippen LogP contribution in [0.4, 0.5) is 4.39 Å². The van der Waals surface area contributed by atoms with Crippen molar-refractivity contribution < 1.29 is 19.0 Å². The van der Waals surface area contributed by atoms with Gasteiger partial charge in [0.25, 0.3) is 5.91 Å². The minimum Gasteiger partial charge on any atom is -0.385 e. The zero-order chi connectivity index (χ0) is 13.2. The molecule has 1 fully saturated rings. The van der Waals surface area contributed by atoms with Crippen LogP contribution in [0, 0.1) is 5.95 Å². The summed E-state index contributed by atoms with van der Waals surface area (Å²) in [6.07, 6.45) is 1.37. The van der Waals surface area contributed by atoms with Crippen LogP contribution in [0.15, 0.2) is 18.3 Å². The Balaban J connectivity index is 1.99.